The fourth-order valence-electron chi connectivity index (χ4n) is 2.80. The van der Waals surface area contributed by atoms with Gasteiger partial charge >= 0.3 is 0 Å². The van der Waals surface area contributed by atoms with Crippen molar-refractivity contribution in [2.24, 2.45) is 0 Å². The molecule has 1 aliphatic carbocycles. The van der Waals surface area contributed by atoms with E-state index < -0.39 is 0 Å². The van der Waals surface area contributed by atoms with Gasteiger partial charge in [-0.25, -0.2) is 0 Å². The Hall–Kier alpha value is -1.50. The number of aryl methyl sites for hydroxylation is 2. The van der Waals surface area contributed by atoms with Crippen molar-refractivity contribution in [3.63, 3.8) is 0 Å². The van der Waals surface area contributed by atoms with E-state index in [0.29, 0.717) is 5.92 Å². The lowest BCUT2D eigenvalue weighted by molar-refractivity contribution is 0.469. The Kier molecular flexibility index (Phi) is 3.95. The second-order valence-corrected chi connectivity index (χ2v) is 5.34. The molecule has 1 nitrogen and oxygen atoms in total. The predicted octanol–water partition coefficient (Wildman–Crippen LogP) is 4.63. The van der Waals surface area contributed by atoms with Crippen molar-refractivity contribution in [3.05, 3.63) is 90.6 Å². The van der Waals surface area contributed by atoms with Gasteiger partial charge < -0.3 is 4.42 Å². The van der Waals surface area contributed by atoms with Crippen molar-refractivity contribution in [3.8, 4) is 0 Å². The predicted molar refractivity (Wildman–Crippen MR) is 81.5 cm³/mol. The third-order valence-corrected chi connectivity index (χ3v) is 3.86. The molecule has 3 rings (SSSR count). The molecule has 20 heavy (non-hydrogen) atoms. The summed E-state index contributed by atoms with van der Waals surface area (Å²) in [4.78, 5) is 0. The van der Waals surface area contributed by atoms with Gasteiger partial charge in [-0.15, -0.1) is 0 Å². The summed E-state index contributed by atoms with van der Waals surface area (Å²) >= 11 is 0. The van der Waals surface area contributed by atoms with Crippen LogP contribution in [0.1, 0.15) is 28.6 Å². The van der Waals surface area contributed by atoms with E-state index in [1.54, 1.807) is 0 Å². The molecule has 1 aromatic heterocycles. The van der Waals surface area contributed by atoms with E-state index in [2.05, 4.69) is 62.9 Å². The highest BCUT2D eigenvalue weighted by Crippen LogP contribution is 2.40. The Morgan fingerprint density at radius 3 is 2.35 bits per heavy atom. The van der Waals surface area contributed by atoms with Gasteiger partial charge in [0.15, 0.2) is 0 Å². The summed E-state index contributed by atoms with van der Waals surface area (Å²) in [6, 6.07) is 12.7. The van der Waals surface area contributed by atoms with Crippen molar-refractivity contribution in [2.45, 2.75) is 26.2 Å². The monoisotopic (exact) mass is 263 g/mol. The van der Waals surface area contributed by atoms with E-state index in [9.17, 15) is 0 Å². The molecule has 1 heterocycles. The zero-order valence-electron chi connectivity index (χ0n) is 12.0. The summed E-state index contributed by atoms with van der Waals surface area (Å²) in [7, 11) is 0. The van der Waals surface area contributed by atoms with Gasteiger partial charge in [0.05, 0.1) is 0 Å². The van der Waals surface area contributed by atoms with Crippen LogP contribution in [0.3, 0.4) is 0 Å². The molecule has 0 aliphatic heterocycles. The Morgan fingerprint density at radius 2 is 1.70 bits per heavy atom. The summed E-state index contributed by atoms with van der Waals surface area (Å²) in [5.74, 6) is 3.74. The van der Waals surface area contributed by atoms with Crippen molar-refractivity contribution in [1.29, 1.82) is 0 Å². The lowest BCUT2D eigenvalue weighted by Crippen LogP contribution is -2.13. The van der Waals surface area contributed by atoms with Crippen LogP contribution >= 0.6 is 0 Å². The maximum atomic E-state index is 5.77. The van der Waals surface area contributed by atoms with Crippen LogP contribution in [-0.4, -0.2) is 0 Å². The smallest absolute Gasteiger partial charge is 0.104 e. The van der Waals surface area contributed by atoms with Crippen molar-refractivity contribution >= 4 is 0 Å². The van der Waals surface area contributed by atoms with E-state index in [0.717, 1.165) is 17.9 Å². The van der Waals surface area contributed by atoms with Gasteiger partial charge in [-0.3, -0.25) is 0 Å². The molecular formula is C19H19O. The number of rotatable bonds is 4. The van der Waals surface area contributed by atoms with Crippen LogP contribution in [0, 0.1) is 45.4 Å². The highest BCUT2D eigenvalue weighted by Gasteiger charge is 2.29. The van der Waals surface area contributed by atoms with Crippen LogP contribution in [0.5, 0.6) is 0 Å². The van der Waals surface area contributed by atoms with E-state index in [4.69, 9.17) is 4.42 Å². The van der Waals surface area contributed by atoms with Crippen LogP contribution in [0.25, 0.3) is 0 Å². The van der Waals surface area contributed by atoms with E-state index >= 15 is 0 Å². The van der Waals surface area contributed by atoms with Crippen molar-refractivity contribution in [1.82, 2.24) is 0 Å². The number of furan rings is 1. The van der Waals surface area contributed by atoms with Gasteiger partial charge in [-0.1, -0.05) is 24.3 Å². The third kappa shape index (κ3) is 2.82. The highest BCUT2D eigenvalue weighted by atomic mass is 16.3. The van der Waals surface area contributed by atoms with Crippen molar-refractivity contribution < 1.29 is 4.42 Å². The quantitative estimate of drug-likeness (QED) is 0.784. The molecule has 1 fully saturated rings. The molecule has 2 aromatic rings. The minimum absolute atomic E-state index is 0.358. The molecule has 1 saturated carbocycles. The van der Waals surface area contributed by atoms with E-state index in [-0.39, 0.29) is 0 Å². The molecule has 1 heteroatoms. The molecule has 1 aliphatic rings. The number of hydrogen-bond donors (Lipinski definition) is 0. The standard InChI is InChI=1S/C19H19O/c1-14-7-3-6-10-18(14)19(16-8-4-5-9-16)13-17-12-11-15(2)20-17/h3-12,19H,13H2,1-2H3. The van der Waals surface area contributed by atoms with Crippen LogP contribution in [0.15, 0.2) is 40.8 Å². The lowest BCUT2D eigenvalue weighted by Gasteiger charge is -2.24. The third-order valence-electron chi connectivity index (χ3n) is 3.86. The largest absolute Gasteiger partial charge is 0.466 e. The molecule has 5 radical (unpaired) electrons. The van der Waals surface area contributed by atoms with Crippen LogP contribution in [0.2, 0.25) is 0 Å². The minimum Gasteiger partial charge on any atom is -0.466 e. The van der Waals surface area contributed by atoms with Crippen LogP contribution in [0.4, 0.5) is 0 Å². The second-order valence-electron chi connectivity index (χ2n) is 5.34. The minimum atomic E-state index is 0.358. The SMILES string of the molecule is Cc1ccc(CC([C]2[CH][CH][CH][CH]2)c2ccccc2C)o1. The molecule has 0 amide bonds. The number of hydrogen-bond acceptors (Lipinski definition) is 1. The molecule has 0 bridgehead atoms. The first kappa shape index (κ1) is 13.5. The molecule has 1 atom stereocenters. The van der Waals surface area contributed by atoms with E-state index in [1.165, 1.54) is 17.0 Å². The topological polar surface area (TPSA) is 13.1 Å². The maximum Gasteiger partial charge on any atom is 0.104 e. The van der Waals surface area contributed by atoms with Crippen LogP contribution in [-0.2, 0) is 6.42 Å². The van der Waals surface area contributed by atoms with Gasteiger partial charge in [-0.2, -0.15) is 0 Å². The molecule has 0 N–H and O–H groups in total. The van der Waals surface area contributed by atoms with Gasteiger partial charge in [0, 0.05) is 6.42 Å². The summed E-state index contributed by atoms with van der Waals surface area (Å²) in [5.41, 5.74) is 2.72. The highest BCUT2D eigenvalue weighted by molar-refractivity contribution is 5.45. The normalized spacial score (nSPS) is 17.5. The molecule has 0 spiro atoms. The summed E-state index contributed by atoms with van der Waals surface area (Å²) in [6.07, 6.45) is 9.52. The molecular weight excluding hydrogens is 244 g/mol. The average molecular weight is 263 g/mol. The Morgan fingerprint density at radius 1 is 0.950 bits per heavy atom. The lowest BCUT2D eigenvalue weighted by atomic mass is 9.80. The Bertz CT molecular complexity index is 561. The average Bonchev–Trinajstić information content (AvgIpc) is 3.08. The Balaban J connectivity index is 1.89. The molecule has 1 unspecified atom stereocenters. The summed E-state index contributed by atoms with van der Waals surface area (Å²) < 4.78 is 5.77. The van der Waals surface area contributed by atoms with Gasteiger partial charge in [0.1, 0.15) is 11.5 Å². The first-order chi connectivity index (χ1) is 9.74. The first-order valence-electron chi connectivity index (χ1n) is 7.06. The van der Waals surface area contributed by atoms with Gasteiger partial charge in [0.25, 0.3) is 0 Å². The first-order valence-corrected chi connectivity index (χ1v) is 7.06. The summed E-state index contributed by atoms with van der Waals surface area (Å²) in [5, 5.41) is 0. The molecule has 1 aromatic carbocycles. The maximum absolute atomic E-state index is 5.77. The molecule has 0 saturated heterocycles. The van der Waals surface area contributed by atoms with E-state index in [1.807, 2.05) is 13.0 Å². The Labute approximate surface area is 122 Å². The second kappa shape index (κ2) is 5.87. The zero-order valence-corrected chi connectivity index (χ0v) is 12.0. The fourth-order valence-corrected chi connectivity index (χ4v) is 2.80. The van der Waals surface area contributed by atoms with Gasteiger partial charge in [0.2, 0.25) is 0 Å². The van der Waals surface area contributed by atoms with Gasteiger partial charge in [-0.05, 0) is 74.6 Å². The zero-order chi connectivity index (χ0) is 13.9. The number of benzene rings is 1. The van der Waals surface area contributed by atoms with Crippen LogP contribution < -0.4 is 0 Å². The molecule has 101 valence electrons. The fraction of sp³-hybridized carbons (Fsp3) is 0.211. The van der Waals surface area contributed by atoms with Crippen molar-refractivity contribution in [2.75, 3.05) is 0 Å². The summed E-state index contributed by atoms with van der Waals surface area (Å²) in [6.45, 7) is 4.17.